The van der Waals surface area contributed by atoms with Crippen LogP contribution in [0.1, 0.15) is 29.4 Å². The quantitative estimate of drug-likeness (QED) is 0.115. The number of nitrogen functional groups attached to an aromatic ring is 1. The van der Waals surface area contributed by atoms with Gasteiger partial charge < -0.3 is 26.5 Å². The van der Waals surface area contributed by atoms with Crippen molar-refractivity contribution >= 4 is 59.1 Å². The van der Waals surface area contributed by atoms with Gasteiger partial charge in [0.2, 0.25) is 0 Å². The molecule has 1 aliphatic rings. The van der Waals surface area contributed by atoms with E-state index in [0.29, 0.717) is 30.0 Å². The van der Waals surface area contributed by atoms with E-state index in [1.54, 1.807) is 25.1 Å². The number of aromatic nitrogens is 2. The zero-order valence-electron chi connectivity index (χ0n) is 20.4. The van der Waals surface area contributed by atoms with Crippen LogP contribution in [-0.4, -0.2) is 51.8 Å². The van der Waals surface area contributed by atoms with Crippen molar-refractivity contribution < 1.29 is 14.7 Å². The van der Waals surface area contributed by atoms with Crippen molar-refractivity contribution in [2.24, 2.45) is 5.73 Å². The number of carboxylic acids is 1. The van der Waals surface area contributed by atoms with Crippen molar-refractivity contribution in [1.82, 2.24) is 20.6 Å². The van der Waals surface area contributed by atoms with Gasteiger partial charge in [-0.15, -0.1) is 24.8 Å². The summed E-state index contributed by atoms with van der Waals surface area (Å²) in [7, 11) is 0. The molecule has 0 bridgehead atoms. The first-order valence-electron chi connectivity index (χ1n) is 11.3. The number of carbonyl (C=O) groups is 2. The van der Waals surface area contributed by atoms with Crippen LogP contribution in [0.15, 0.2) is 48.6 Å². The van der Waals surface area contributed by atoms with E-state index in [1.807, 2.05) is 37.3 Å². The fraction of sp³-hybridized carbons (Fsp3) is 0.280. The molecule has 10 nitrogen and oxygen atoms in total. The molecule has 2 unspecified atom stereocenters. The number of anilines is 1. The van der Waals surface area contributed by atoms with Gasteiger partial charge in [0.1, 0.15) is 17.2 Å². The lowest BCUT2D eigenvalue weighted by Gasteiger charge is -2.33. The number of aliphatic carboxylic acids is 1. The predicted octanol–water partition coefficient (Wildman–Crippen LogP) is 2.60. The minimum absolute atomic E-state index is 0. The predicted molar refractivity (Wildman–Crippen MR) is 149 cm³/mol. The molecule has 0 spiro atoms. The molecule has 0 fully saturated rings. The molecule has 2 aromatic carbocycles. The van der Waals surface area contributed by atoms with Crippen LogP contribution in [0.2, 0.25) is 0 Å². The number of aryl methyl sites for hydroxylation is 1. The van der Waals surface area contributed by atoms with Crippen LogP contribution < -0.4 is 21.7 Å². The Kier molecular flexibility index (Phi) is 9.82. The summed E-state index contributed by atoms with van der Waals surface area (Å²) in [5, 5.41) is 26.1. The number of Topliss-reactive ketones (excluding diaryl/α,β-unsaturated/α-hetero) is 1. The lowest BCUT2D eigenvalue weighted by atomic mass is 9.81. The third-order valence-corrected chi connectivity index (χ3v) is 6.30. The van der Waals surface area contributed by atoms with Gasteiger partial charge in [-0.05, 0) is 55.3 Å². The van der Waals surface area contributed by atoms with E-state index < -0.39 is 17.6 Å². The van der Waals surface area contributed by atoms with Crippen LogP contribution >= 0.6 is 24.8 Å². The normalized spacial score (nSPS) is 15.9. The van der Waals surface area contributed by atoms with Crippen molar-refractivity contribution in [3.8, 4) is 0 Å². The van der Waals surface area contributed by atoms with Gasteiger partial charge in [-0.1, -0.05) is 18.2 Å². The van der Waals surface area contributed by atoms with Gasteiger partial charge in [-0.25, -0.2) is 4.98 Å². The minimum Gasteiger partial charge on any atom is -0.480 e. The maximum atomic E-state index is 13.5. The molecule has 12 heteroatoms. The van der Waals surface area contributed by atoms with Crippen molar-refractivity contribution in [2.75, 3.05) is 18.4 Å². The number of imidazole rings is 1. The molecule has 2 heterocycles. The summed E-state index contributed by atoms with van der Waals surface area (Å²) in [6, 6.07) is 10.5. The molecular weight excluding hydrogens is 517 g/mol. The van der Waals surface area contributed by atoms with E-state index in [1.165, 1.54) is 0 Å². The van der Waals surface area contributed by atoms with E-state index in [2.05, 4.69) is 20.9 Å². The number of carbonyl (C=O) groups excluding carboxylic acids is 1. The highest BCUT2D eigenvalue weighted by molar-refractivity contribution is 5.97. The number of amidine groups is 1. The van der Waals surface area contributed by atoms with Gasteiger partial charge in [0.25, 0.3) is 0 Å². The number of benzene rings is 2. The Morgan fingerprint density at radius 2 is 1.92 bits per heavy atom. The number of nitrogens with one attached hydrogen (secondary N) is 5. The van der Waals surface area contributed by atoms with E-state index in [-0.39, 0.29) is 43.0 Å². The number of nitrogens with two attached hydrogens (primary N) is 1. The average molecular weight is 548 g/mol. The number of halogens is 2. The lowest BCUT2D eigenvalue weighted by Crippen LogP contribution is -2.54. The SMILES string of the molecule is Cc1c(C(C)(NCC(=O)O)C(=O)C2C=CCN2)ccc2[nH]c(CNc3ccc(C(=N)N)cc3)nc12.Cl.Cl. The maximum absolute atomic E-state index is 13.5. The Bertz CT molecular complexity index is 1320. The third-order valence-electron chi connectivity index (χ3n) is 6.30. The second kappa shape index (κ2) is 12.2. The molecule has 37 heavy (non-hydrogen) atoms. The summed E-state index contributed by atoms with van der Waals surface area (Å²) < 4.78 is 0. The van der Waals surface area contributed by atoms with Crippen LogP contribution in [0.25, 0.3) is 11.0 Å². The number of aromatic amines is 1. The summed E-state index contributed by atoms with van der Waals surface area (Å²) in [5.74, 6) is -0.463. The molecule has 3 aromatic rings. The first kappa shape index (κ1) is 29.8. The molecule has 0 radical (unpaired) electrons. The Morgan fingerprint density at radius 3 is 2.51 bits per heavy atom. The van der Waals surface area contributed by atoms with E-state index >= 15 is 0 Å². The Morgan fingerprint density at radius 1 is 1.22 bits per heavy atom. The van der Waals surface area contributed by atoms with Crippen molar-refractivity contribution in [1.29, 1.82) is 5.41 Å². The summed E-state index contributed by atoms with van der Waals surface area (Å²) in [5.41, 5.74) is 8.82. The zero-order chi connectivity index (χ0) is 25.2. The topological polar surface area (TPSA) is 169 Å². The highest BCUT2D eigenvalue weighted by atomic mass is 35.5. The van der Waals surface area contributed by atoms with Gasteiger partial charge in [0.05, 0.1) is 30.2 Å². The van der Waals surface area contributed by atoms with E-state index in [9.17, 15) is 14.7 Å². The first-order chi connectivity index (χ1) is 16.7. The van der Waals surface area contributed by atoms with Crippen molar-refractivity contribution in [3.05, 3.63) is 71.1 Å². The second-order valence-corrected chi connectivity index (χ2v) is 8.71. The molecule has 2 atom stereocenters. The van der Waals surface area contributed by atoms with Crippen molar-refractivity contribution in [2.45, 2.75) is 32.0 Å². The number of H-pyrrole nitrogens is 1. The number of carboxylic acid groups (broad SMARTS) is 1. The number of nitrogens with zero attached hydrogens (tertiary/aromatic N) is 1. The molecule has 0 aliphatic carbocycles. The van der Waals surface area contributed by atoms with E-state index in [4.69, 9.17) is 16.1 Å². The van der Waals surface area contributed by atoms with Crippen LogP contribution in [-0.2, 0) is 21.7 Å². The number of ketones is 1. The fourth-order valence-electron chi connectivity index (χ4n) is 4.37. The molecule has 1 aliphatic heterocycles. The Balaban J connectivity index is 0.00000241. The second-order valence-electron chi connectivity index (χ2n) is 8.71. The number of rotatable bonds is 10. The number of fused-ring (bicyclic) bond motifs is 1. The van der Waals surface area contributed by atoms with Gasteiger partial charge in [-0.3, -0.25) is 20.3 Å². The molecule has 1 aromatic heterocycles. The molecule has 0 amide bonds. The smallest absolute Gasteiger partial charge is 0.317 e. The molecule has 8 N–H and O–H groups in total. The van der Waals surface area contributed by atoms with Gasteiger partial charge in [-0.2, -0.15) is 0 Å². The van der Waals surface area contributed by atoms with Crippen LogP contribution in [0.3, 0.4) is 0 Å². The summed E-state index contributed by atoms with van der Waals surface area (Å²) >= 11 is 0. The largest absolute Gasteiger partial charge is 0.480 e. The standard InChI is InChI=1S/C25H29N7O3.2ClH/c1-14-17(25(2,30-13-21(33)34)23(35)19-4-3-11-28-19)9-10-18-22(14)32-20(31-18)12-29-16-7-5-15(6-8-16)24(26)27;;/h3-10,19,28-30H,11-13H2,1-2H3,(H3,26,27)(H,31,32)(H,33,34);2*1H. The van der Waals surface area contributed by atoms with Crippen LogP contribution in [0.4, 0.5) is 5.69 Å². The summed E-state index contributed by atoms with van der Waals surface area (Å²) in [6.07, 6.45) is 3.69. The van der Waals surface area contributed by atoms with E-state index in [0.717, 1.165) is 22.3 Å². The van der Waals surface area contributed by atoms with Crippen molar-refractivity contribution in [3.63, 3.8) is 0 Å². The monoisotopic (exact) mass is 547 g/mol. The lowest BCUT2D eigenvalue weighted by molar-refractivity contribution is -0.136. The molecule has 0 saturated carbocycles. The molecular formula is C25H31Cl2N7O3. The van der Waals surface area contributed by atoms with Gasteiger partial charge in [0, 0.05) is 17.8 Å². The first-order valence-corrected chi connectivity index (χ1v) is 11.3. The van der Waals surface area contributed by atoms with Gasteiger partial charge in [0.15, 0.2) is 5.78 Å². The van der Waals surface area contributed by atoms with Crippen LogP contribution in [0.5, 0.6) is 0 Å². The molecule has 0 saturated heterocycles. The molecule has 4 rings (SSSR count). The minimum atomic E-state index is -1.22. The highest BCUT2D eigenvalue weighted by Crippen LogP contribution is 2.31. The summed E-state index contributed by atoms with van der Waals surface area (Å²) in [6.45, 7) is 4.29. The highest BCUT2D eigenvalue weighted by Gasteiger charge is 2.40. The maximum Gasteiger partial charge on any atom is 0.317 e. The zero-order valence-corrected chi connectivity index (χ0v) is 22.1. The molecule has 198 valence electrons. The number of hydrogen-bond acceptors (Lipinski definition) is 7. The fourth-order valence-corrected chi connectivity index (χ4v) is 4.37. The van der Waals surface area contributed by atoms with Gasteiger partial charge >= 0.3 is 5.97 Å². The Hall–Kier alpha value is -3.44. The average Bonchev–Trinajstić information content (AvgIpc) is 3.52. The summed E-state index contributed by atoms with van der Waals surface area (Å²) in [4.78, 5) is 32.8. The number of hydrogen-bond donors (Lipinski definition) is 7. The Labute approximate surface area is 226 Å². The third kappa shape index (κ3) is 6.28. The van der Waals surface area contributed by atoms with Crippen LogP contribution in [0, 0.1) is 12.3 Å².